The minimum absolute atomic E-state index is 0.270. The highest BCUT2D eigenvalue weighted by Gasteiger charge is 2.04. The van der Waals surface area contributed by atoms with Crippen LogP contribution in [0.4, 0.5) is 10.7 Å². The van der Waals surface area contributed by atoms with Crippen LogP contribution in [0.15, 0.2) is 45.6 Å². The Kier molecular flexibility index (Phi) is 5.49. The van der Waals surface area contributed by atoms with E-state index in [1.165, 1.54) is 0 Å². The minimum atomic E-state index is -0.320. The first-order chi connectivity index (χ1) is 9.65. The van der Waals surface area contributed by atoms with E-state index in [1.807, 2.05) is 24.3 Å². The monoisotopic (exact) mass is 398 g/mol. The second-order valence-corrected chi connectivity index (χ2v) is 5.72. The normalized spacial score (nSPS) is 10.1. The summed E-state index contributed by atoms with van der Waals surface area (Å²) in [6.45, 7) is 0.533. The Balaban J connectivity index is 1.78. The van der Waals surface area contributed by atoms with Crippen molar-refractivity contribution in [3.63, 3.8) is 0 Å². The van der Waals surface area contributed by atoms with Gasteiger partial charge in [0.05, 0.1) is 4.47 Å². The second-order valence-electron chi connectivity index (χ2n) is 3.95. The maximum absolute atomic E-state index is 11.6. The molecule has 2 aromatic rings. The van der Waals surface area contributed by atoms with Gasteiger partial charge in [0.15, 0.2) is 0 Å². The Hall–Kier alpha value is -1.47. The first-order valence-corrected chi connectivity index (χ1v) is 7.49. The Labute approximate surface area is 133 Å². The molecule has 1 aromatic heterocycles. The van der Waals surface area contributed by atoms with E-state index in [4.69, 9.17) is 0 Å². The van der Waals surface area contributed by atoms with Gasteiger partial charge < -0.3 is 5.32 Å². The van der Waals surface area contributed by atoms with Crippen LogP contribution in [-0.2, 0) is 6.42 Å². The summed E-state index contributed by atoms with van der Waals surface area (Å²) in [5.41, 5.74) is 1.15. The zero-order chi connectivity index (χ0) is 14.4. The number of hydrogen-bond acceptors (Lipinski definition) is 3. The molecule has 7 heteroatoms. The largest absolute Gasteiger partial charge is 0.337 e. The van der Waals surface area contributed by atoms with Gasteiger partial charge in [0.1, 0.15) is 0 Å². The third-order valence-electron chi connectivity index (χ3n) is 2.48. The van der Waals surface area contributed by atoms with Gasteiger partial charge in [-0.25, -0.2) is 14.8 Å². The van der Waals surface area contributed by atoms with Crippen molar-refractivity contribution in [2.24, 2.45) is 0 Å². The Morgan fingerprint density at radius 3 is 2.55 bits per heavy atom. The molecular formula is C13H12Br2N4O. The zero-order valence-electron chi connectivity index (χ0n) is 10.4. The van der Waals surface area contributed by atoms with Crippen LogP contribution in [0.5, 0.6) is 0 Å². The summed E-state index contributed by atoms with van der Waals surface area (Å²) in [7, 11) is 0. The van der Waals surface area contributed by atoms with Crippen molar-refractivity contribution in [1.29, 1.82) is 0 Å². The Morgan fingerprint density at radius 1 is 1.15 bits per heavy atom. The molecule has 0 aliphatic heterocycles. The van der Waals surface area contributed by atoms with Crippen molar-refractivity contribution in [2.45, 2.75) is 6.42 Å². The molecule has 0 spiro atoms. The SMILES string of the molecule is O=C(NCCc1ccccc1Br)Nc1ncc(Br)cn1. The van der Waals surface area contributed by atoms with Crippen molar-refractivity contribution in [3.05, 3.63) is 51.2 Å². The van der Waals surface area contributed by atoms with E-state index < -0.39 is 0 Å². The molecule has 0 aliphatic rings. The van der Waals surface area contributed by atoms with Gasteiger partial charge in [-0.2, -0.15) is 0 Å². The second kappa shape index (κ2) is 7.35. The first kappa shape index (κ1) is 14.9. The number of hydrogen-bond donors (Lipinski definition) is 2. The van der Waals surface area contributed by atoms with E-state index in [9.17, 15) is 4.79 Å². The number of halogens is 2. The molecule has 20 heavy (non-hydrogen) atoms. The lowest BCUT2D eigenvalue weighted by Gasteiger charge is -2.07. The highest BCUT2D eigenvalue weighted by molar-refractivity contribution is 9.10. The number of amides is 2. The van der Waals surface area contributed by atoms with Gasteiger partial charge in [-0.1, -0.05) is 34.1 Å². The number of carbonyl (C=O) groups excluding carboxylic acids is 1. The molecule has 0 atom stereocenters. The van der Waals surface area contributed by atoms with E-state index in [0.717, 1.165) is 20.9 Å². The van der Waals surface area contributed by atoms with Crippen molar-refractivity contribution in [2.75, 3.05) is 11.9 Å². The first-order valence-electron chi connectivity index (χ1n) is 5.91. The molecule has 0 aliphatic carbocycles. The van der Waals surface area contributed by atoms with E-state index in [-0.39, 0.29) is 12.0 Å². The Morgan fingerprint density at radius 2 is 1.85 bits per heavy atom. The third-order valence-corrected chi connectivity index (χ3v) is 3.67. The molecule has 0 radical (unpaired) electrons. The van der Waals surface area contributed by atoms with Crippen LogP contribution in [0, 0.1) is 0 Å². The average Bonchev–Trinajstić information content (AvgIpc) is 2.43. The molecule has 104 valence electrons. The zero-order valence-corrected chi connectivity index (χ0v) is 13.6. The van der Waals surface area contributed by atoms with Crippen molar-refractivity contribution >= 4 is 43.8 Å². The molecular weight excluding hydrogens is 388 g/mol. The van der Waals surface area contributed by atoms with E-state index >= 15 is 0 Å². The molecule has 2 N–H and O–H groups in total. The molecule has 0 saturated heterocycles. The molecule has 5 nitrogen and oxygen atoms in total. The molecule has 0 unspecified atom stereocenters. The number of nitrogens with one attached hydrogen (secondary N) is 2. The fourth-order valence-corrected chi connectivity index (χ4v) is 2.22. The van der Waals surface area contributed by atoms with E-state index in [1.54, 1.807) is 12.4 Å². The van der Waals surface area contributed by atoms with Crippen LogP contribution in [-0.4, -0.2) is 22.5 Å². The quantitative estimate of drug-likeness (QED) is 0.828. The van der Waals surface area contributed by atoms with Gasteiger partial charge >= 0.3 is 6.03 Å². The number of carbonyl (C=O) groups is 1. The summed E-state index contributed by atoms with van der Waals surface area (Å²) in [6.07, 6.45) is 3.89. The van der Waals surface area contributed by atoms with E-state index in [2.05, 4.69) is 52.5 Å². The van der Waals surface area contributed by atoms with Gasteiger partial charge in [0.2, 0.25) is 5.95 Å². The summed E-state index contributed by atoms with van der Waals surface area (Å²) in [6, 6.07) is 7.60. The summed E-state index contributed by atoms with van der Waals surface area (Å²) in [5, 5.41) is 5.32. The van der Waals surface area contributed by atoms with Crippen LogP contribution in [0.25, 0.3) is 0 Å². The average molecular weight is 400 g/mol. The van der Waals surface area contributed by atoms with Crippen molar-refractivity contribution < 1.29 is 4.79 Å². The fraction of sp³-hybridized carbons (Fsp3) is 0.154. The lowest BCUT2D eigenvalue weighted by molar-refractivity contribution is 0.252. The van der Waals surface area contributed by atoms with Crippen LogP contribution in [0.2, 0.25) is 0 Å². The standard InChI is InChI=1S/C13H12Br2N4O/c14-10-7-17-12(18-8-10)19-13(20)16-6-5-9-3-1-2-4-11(9)15/h1-4,7-8H,5-6H2,(H2,16,17,18,19,20). The molecule has 0 bridgehead atoms. The number of aromatic nitrogens is 2. The lowest BCUT2D eigenvalue weighted by atomic mass is 10.1. The predicted molar refractivity (Wildman–Crippen MR) is 84.6 cm³/mol. The maximum Gasteiger partial charge on any atom is 0.321 e. The number of urea groups is 1. The van der Waals surface area contributed by atoms with Gasteiger partial charge in [0.25, 0.3) is 0 Å². The Bertz CT molecular complexity index is 589. The number of anilines is 1. The maximum atomic E-state index is 11.6. The topological polar surface area (TPSA) is 66.9 Å². The van der Waals surface area contributed by atoms with Crippen LogP contribution in [0.1, 0.15) is 5.56 Å². The molecule has 1 heterocycles. The van der Waals surface area contributed by atoms with Gasteiger partial charge in [-0.3, -0.25) is 5.32 Å². The third kappa shape index (κ3) is 4.57. The minimum Gasteiger partial charge on any atom is -0.337 e. The van der Waals surface area contributed by atoms with Crippen LogP contribution in [0.3, 0.4) is 0 Å². The highest BCUT2D eigenvalue weighted by Crippen LogP contribution is 2.15. The summed E-state index contributed by atoms with van der Waals surface area (Å²) in [5.74, 6) is 0.270. The lowest BCUT2D eigenvalue weighted by Crippen LogP contribution is -2.31. The molecule has 1 aromatic carbocycles. The molecule has 2 amide bonds. The summed E-state index contributed by atoms with van der Waals surface area (Å²) < 4.78 is 1.80. The summed E-state index contributed by atoms with van der Waals surface area (Å²) >= 11 is 6.70. The number of rotatable bonds is 4. The molecule has 0 saturated carbocycles. The van der Waals surface area contributed by atoms with Crippen LogP contribution >= 0.6 is 31.9 Å². The van der Waals surface area contributed by atoms with Gasteiger partial charge in [0, 0.05) is 23.4 Å². The summed E-state index contributed by atoms with van der Waals surface area (Å²) in [4.78, 5) is 19.6. The molecule has 2 rings (SSSR count). The number of benzene rings is 1. The van der Waals surface area contributed by atoms with E-state index in [0.29, 0.717) is 6.54 Å². The predicted octanol–water partition coefficient (Wildman–Crippen LogP) is 3.37. The highest BCUT2D eigenvalue weighted by atomic mass is 79.9. The molecule has 0 fully saturated rings. The number of nitrogens with zero attached hydrogens (tertiary/aromatic N) is 2. The smallest absolute Gasteiger partial charge is 0.321 e. The van der Waals surface area contributed by atoms with Crippen molar-refractivity contribution in [1.82, 2.24) is 15.3 Å². The van der Waals surface area contributed by atoms with Crippen LogP contribution < -0.4 is 10.6 Å². The van der Waals surface area contributed by atoms with Gasteiger partial charge in [-0.05, 0) is 34.0 Å². The fourth-order valence-electron chi connectivity index (χ4n) is 1.53. The van der Waals surface area contributed by atoms with Gasteiger partial charge in [-0.15, -0.1) is 0 Å². The van der Waals surface area contributed by atoms with Crippen molar-refractivity contribution in [3.8, 4) is 0 Å².